The van der Waals surface area contributed by atoms with Gasteiger partial charge in [0.05, 0.1) is 19.0 Å². The number of benzene rings is 1. The van der Waals surface area contributed by atoms with E-state index in [1.165, 1.54) is 19.4 Å². The first-order valence-electron chi connectivity index (χ1n) is 5.46. The Morgan fingerprint density at radius 1 is 1.28 bits per heavy atom. The SMILES string of the molecule is COc1cnc(-c2ccc(C)cc2)cc1C(=O)O. The van der Waals surface area contributed by atoms with E-state index in [1.54, 1.807) is 0 Å². The number of carboxylic acid groups (broad SMARTS) is 1. The molecule has 0 aliphatic rings. The highest BCUT2D eigenvalue weighted by atomic mass is 16.5. The molecule has 0 unspecified atom stereocenters. The number of aromatic nitrogens is 1. The number of carbonyl (C=O) groups is 1. The van der Waals surface area contributed by atoms with E-state index in [0.717, 1.165) is 11.1 Å². The summed E-state index contributed by atoms with van der Waals surface area (Å²) in [5.74, 6) is -0.763. The monoisotopic (exact) mass is 243 g/mol. The minimum Gasteiger partial charge on any atom is -0.494 e. The standard InChI is InChI=1S/C14H13NO3/c1-9-3-5-10(6-4-9)12-7-11(14(16)17)13(18-2)8-15-12/h3-8H,1-2H3,(H,16,17). The molecule has 0 aliphatic heterocycles. The summed E-state index contributed by atoms with van der Waals surface area (Å²) < 4.78 is 4.97. The second-order valence-electron chi connectivity index (χ2n) is 3.94. The van der Waals surface area contributed by atoms with Crippen LogP contribution in [-0.4, -0.2) is 23.2 Å². The maximum absolute atomic E-state index is 11.1. The van der Waals surface area contributed by atoms with Crippen LogP contribution in [-0.2, 0) is 0 Å². The van der Waals surface area contributed by atoms with Crippen molar-refractivity contribution in [3.05, 3.63) is 47.7 Å². The number of ether oxygens (including phenoxy) is 1. The fourth-order valence-electron chi connectivity index (χ4n) is 1.65. The molecule has 0 radical (unpaired) electrons. The van der Waals surface area contributed by atoms with Gasteiger partial charge in [0, 0.05) is 5.56 Å². The number of nitrogens with zero attached hydrogens (tertiary/aromatic N) is 1. The number of aryl methyl sites for hydroxylation is 1. The van der Waals surface area contributed by atoms with E-state index in [4.69, 9.17) is 9.84 Å². The third kappa shape index (κ3) is 2.32. The number of methoxy groups -OCH3 is 1. The smallest absolute Gasteiger partial charge is 0.339 e. The molecule has 2 aromatic rings. The van der Waals surface area contributed by atoms with Crippen LogP contribution in [0.5, 0.6) is 5.75 Å². The van der Waals surface area contributed by atoms with Crippen molar-refractivity contribution in [2.75, 3.05) is 7.11 Å². The molecular weight excluding hydrogens is 230 g/mol. The lowest BCUT2D eigenvalue weighted by molar-refractivity contribution is 0.0693. The number of pyridine rings is 1. The van der Waals surface area contributed by atoms with Gasteiger partial charge in [-0.1, -0.05) is 29.8 Å². The summed E-state index contributed by atoms with van der Waals surface area (Å²) >= 11 is 0. The van der Waals surface area contributed by atoms with Gasteiger partial charge in [0.25, 0.3) is 0 Å². The van der Waals surface area contributed by atoms with Crippen LogP contribution in [0.15, 0.2) is 36.5 Å². The molecule has 92 valence electrons. The van der Waals surface area contributed by atoms with Gasteiger partial charge in [0.1, 0.15) is 5.56 Å². The molecule has 2 rings (SSSR count). The van der Waals surface area contributed by atoms with Crippen molar-refractivity contribution < 1.29 is 14.6 Å². The van der Waals surface area contributed by atoms with Crippen LogP contribution in [0.4, 0.5) is 0 Å². The van der Waals surface area contributed by atoms with Crippen LogP contribution in [0.25, 0.3) is 11.3 Å². The lowest BCUT2D eigenvalue weighted by atomic mass is 10.1. The predicted molar refractivity (Wildman–Crippen MR) is 67.9 cm³/mol. The summed E-state index contributed by atoms with van der Waals surface area (Å²) in [6, 6.07) is 9.26. The first-order valence-corrected chi connectivity index (χ1v) is 5.46. The van der Waals surface area contributed by atoms with Crippen LogP contribution in [0.2, 0.25) is 0 Å². The van der Waals surface area contributed by atoms with E-state index in [1.807, 2.05) is 31.2 Å². The van der Waals surface area contributed by atoms with Crippen LogP contribution in [0, 0.1) is 6.92 Å². The largest absolute Gasteiger partial charge is 0.494 e. The topological polar surface area (TPSA) is 59.4 Å². The highest BCUT2D eigenvalue weighted by Gasteiger charge is 2.13. The maximum Gasteiger partial charge on any atom is 0.339 e. The van der Waals surface area contributed by atoms with E-state index in [0.29, 0.717) is 5.69 Å². The zero-order chi connectivity index (χ0) is 13.1. The van der Waals surface area contributed by atoms with Crippen molar-refractivity contribution in [2.45, 2.75) is 6.92 Å². The molecule has 0 atom stereocenters. The Labute approximate surface area is 105 Å². The quantitative estimate of drug-likeness (QED) is 0.900. The number of hydrogen-bond donors (Lipinski definition) is 1. The molecule has 0 spiro atoms. The molecule has 1 aromatic heterocycles. The normalized spacial score (nSPS) is 10.1. The fraction of sp³-hybridized carbons (Fsp3) is 0.143. The molecule has 0 aliphatic carbocycles. The van der Waals surface area contributed by atoms with Gasteiger partial charge in [-0.05, 0) is 13.0 Å². The molecule has 1 N–H and O–H groups in total. The zero-order valence-corrected chi connectivity index (χ0v) is 10.2. The molecule has 0 fully saturated rings. The van der Waals surface area contributed by atoms with Crippen molar-refractivity contribution in [1.82, 2.24) is 4.98 Å². The highest BCUT2D eigenvalue weighted by molar-refractivity contribution is 5.92. The average molecular weight is 243 g/mol. The number of aromatic carboxylic acids is 1. The van der Waals surface area contributed by atoms with E-state index >= 15 is 0 Å². The summed E-state index contributed by atoms with van der Waals surface area (Å²) in [6.07, 6.45) is 1.43. The molecule has 4 heteroatoms. The number of rotatable bonds is 3. The Balaban J connectivity index is 2.49. The van der Waals surface area contributed by atoms with Crippen LogP contribution >= 0.6 is 0 Å². The second kappa shape index (κ2) is 4.87. The molecule has 0 saturated heterocycles. The third-order valence-corrected chi connectivity index (χ3v) is 2.67. The minimum atomic E-state index is -1.03. The molecule has 18 heavy (non-hydrogen) atoms. The highest BCUT2D eigenvalue weighted by Crippen LogP contribution is 2.24. The molecular formula is C14H13NO3. The molecule has 4 nitrogen and oxygen atoms in total. The molecule has 0 amide bonds. The van der Waals surface area contributed by atoms with E-state index in [9.17, 15) is 4.79 Å². The summed E-state index contributed by atoms with van der Waals surface area (Å²) in [5, 5.41) is 9.10. The Hall–Kier alpha value is -2.36. The van der Waals surface area contributed by atoms with Crippen molar-refractivity contribution >= 4 is 5.97 Å². The maximum atomic E-state index is 11.1. The van der Waals surface area contributed by atoms with E-state index < -0.39 is 5.97 Å². The van der Waals surface area contributed by atoms with E-state index in [2.05, 4.69) is 4.98 Å². The first kappa shape index (κ1) is 12.1. The third-order valence-electron chi connectivity index (χ3n) is 2.67. The summed E-state index contributed by atoms with van der Waals surface area (Å²) in [4.78, 5) is 15.3. The molecule has 1 heterocycles. The van der Waals surface area contributed by atoms with Crippen LogP contribution < -0.4 is 4.74 Å². The number of carboxylic acids is 1. The van der Waals surface area contributed by atoms with Gasteiger partial charge < -0.3 is 9.84 Å². The van der Waals surface area contributed by atoms with Crippen molar-refractivity contribution in [2.24, 2.45) is 0 Å². The Bertz CT molecular complexity index is 576. The van der Waals surface area contributed by atoms with Crippen LogP contribution in [0.1, 0.15) is 15.9 Å². The van der Waals surface area contributed by atoms with Crippen LogP contribution in [0.3, 0.4) is 0 Å². The van der Waals surface area contributed by atoms with Gasteiger partial charge in [0.15, 0.2) is 5.75 Å². The summed E-state index contributed by atoms with van der Waals surface area (Å²) in [7, 11) is 1.43. The Morgan fingerprint density at radius 2 is 1.94 bits per heavy atom. The minimum absolute atomic E-state index is 0.114. The molecule has 0 saturated carbocycles. The van der Waals surface area contributed by atoms with Crippen molar-refractivity contribution in [3.8, 4) is 17.0 Å². The number of hydrogen-bond acceptors (Lipinski definition) is 3. The van der Waals surface area contributed by atoms with Gasteiger partial charge in [-0.2, -0.15) is 0 Å². The molecule has 0 bridgehead atoms. The van der Waals surface area contributed by atoms with E-state index in [-0.39, 0.29) is 11.3 Å². The Morgan fingerprint density at radius 3 is 2.50 bits per heavy atom. The lowest BCUT2D eigenvalue weighted by Crippen LogP contribution is -2.02. The molecule has 1 aromatic carbocycles. The zero-order valence-electron chi connectivity index (χ0n) is 10.2. The average Bonchev–Trinajstić information content (AvgIpc) is 2.39. The first-order chi connectivity index (χ1) is 8.61. The van der Waals surface area contributed by atoms with Gasteiger partial charge in [-0.25, -0.2) is 4.79 Å². The van der Waals surface area contributed by atoms with Crippen molar-refractivity contribution in [3.63, 3.8) is 0 Å². The lowest BCUT2D eigenvalue weighted by Gasteiger charge is -2.07. The predicted octanol–water partition coefficient (Wildman–Crippen LogP) is 2.76. The summed E-state index contributed by atoms with van der Waals surface area (Å²) in [5.41, 5.74) is 2.76. The van der Waals surface area contributed by atoms with Crippen molar-refractivity contribution in [1.29, 1.82) is 0 Å². The second-order valence-corrected chi connectivity index (χ2v) is 3.94. The van der Waals surface area contributed by atoms with Gasteiger partial charge in [0.2, 0.25) is 0 Å². The summed E-state index contributed by atoms with van der Waals surface area (Å²) in [6.45, 7) is 1.99. The Kier molecular flexibility index (Phi) is 3.28. The van der Waals surface area contributed by atoms with Gasteiger partial charge in [-0.3, -0.25) is 4.98 Å². The fourth-order valence-corrected chi connectivity index (χ4v) is 1.65. The van der Waals surface area contributed by atoms with Gasteiger partial charge >= 0.3 is 5.97 Å². The van der Waals surface area contributed by atoms with Gasteiger partial charge in [-0.15, -0.1) is 0 Å².